The van der Waals surface area contributed by atoms with E-state index in [1.165, 1.54) is 0 Å². The molecule has 2 aromatic carbocycles. The molecule has 146 valence electrons. The first-order valence-electron chi connectivity index (χ1n) is 9.19. The lowest BCUT2D eigenvalue weighted by Crippen LogP contribution is -2.14. The fourth-order valence-electron chi connectivity index (χ4n) is 3.09. The zero-order valence-electron chi connectivity index (χ0n) is 16.4. The first-order valence-corrected chi connectivity index (χ1v) is 9.19. The Labute approximate surface area is 168 Å². The van der Waals surface area contributed by atoms with Gasteiger partial charge in [0.05, 0.1) is 5.39 Å². The minimum Gasteiger partial charge on any atom is -0.476 e. The molecule has 2 atom stereocenters. The average Bonchev–Trinajstić information content (AvgIpc) is 2.71. The molecule has 2 unspecified atom stereocenters. The summed E-state index contributed by atoms with van der Waals surface area (Å²) >= 11 is 0. The lowest BCUT2D eigenvalue weighted by Gasteiger charge is -2.16. The van der Waals surface area contributed by atoms with Crippen molar-refractivity contribution in [3.8, 4) is 23.6 Å². The number of fused-ring (bicyclic) bond motifs is 1. The van der Waals surface area contributed by atoms with Crippen molar-refractivity contribution in [1.82, 2.24) is 0 Å². The molecule has 6 nitrogen and oxygen atoms in total. The topological polar surface area (TPSA) is 96.2 Å². The van der Waals surface area contributed by atoms with Crippen molar-refractivity contribution < 1.29 is 13.9 Å². The molecule has 29 heavy (non-hydrogen) atoms. The highest BCUT2D eigenvalue weighted by Gasteiger charge is 2.19. The summed E-state index contributed by atoms with van der Waals surface area (Å²) in [5, 5.41) is 18.8. The molecular weight excluding hydrogens is 368 g/mol. The van der Waals surface area contributed by atoms with Crippen LogP contribution in [0.2, 0.25) is 0 Å². The summed E-state index contributed by atoms with van der Waals surface area (Å²) in [6, 6.07) is 16.8. The first-order chi connectivity index (χ1) is 13.9. The van der Waals surface area contributed by atoms with Crippen LogP contribution in [-0.4, -0.2) is 12.2 Å². The molecular formula is C23H20N2O4. The van der Waals surface area contributed by atoms with Crippen molar-refractivity contribution in [2.45, 2.75) is 39.4 Å². The van der Waals surface area contributed by atoms with E-state index in [0.717, 1.165) is 11.1 Å². The van der Waals surface area contributed by atoms with Crippen molar-refractivity contribution in [3.05, 3.63) is 69.6 Å². The quantitative estimate of drug-likeness (QED) is 0.585. The number of aryl methyl sites for hydroxylation is 1. The summed E-state index contributed by atoms with van der Waals surface area (Å²) in [6.45, 7) is 5.06. The van der Waals surface area contributed by atoms with Crippen LogP contribution in [0.5, 0.6) is 11.5 Å². The summed E-state index contributed by atoms with van der Waals surface area (Å²) < 4.78 is 16.9. The van der Waals surface area contributed by atoms with E-state index in [1.54, 1.807) is 26.0 Å². The van der Waals surface area contributed by atoms with Crippen molar-refractivity contribution >= 4 is 11.0 Å². The van der Waals surface area contributed by atoms with Crippen LogP contribution in [0.25, 0.3) is 11.0 Å². The normalized spacial score (nSPS) is 12.6. The summed E-state index contributed by atoms with van der Waals surface area (Å²) in [7, 11) is 0. The van der Waals surface area contributed by atoms with Gasteiger partial charge < -0.3 is 13.9 Å². The predicted molar refractivity (Wildman–Crippen MR) is 108 cm³/mol. The monoisotopic (exact) mass is 388 g/mol. The van der Waals surface area contributed by atoms with Crippen LogP contribution in [0.15, 0.2) is 51.7 Å². The largest absolute Gasteiger partial charge is 0.476 e. The zero-order chi connectivity index (χ0) is 21.0. The molecule has 0 saturated carbocycles. The lowest BCUT2D eigenvalue weighted by molar-refractivity contribution is 0.263. The first kappa shape index (κ1) is 20.0. The van der Waals surface area contributed by atoms with Gasteiger partial charge in [0.2, 0.25) is 0 Å². The molecule has 6 heteroatoms. The highest BCUT2D eigenvalue weighted by atomic mass is 16.5. The minimum atomic E-state index is -0.717. The molecule has 0 N–H and O–H groups in total. The number of hydrogen-bond donors (Lipinski definition) is 0. The third-order valence-corrected chi connectivity index (χ3v) is 4.52. The van der Waals surface area contributed by atoms with E-state index in [9.17, 15) is 4.79 Å². The van der Waals surface area contributed by atoms with Gasteiger partial charge in [0, 0.05) is 24.1 Å². The summed E-state index contributed by atoms with van der Waals surface area (Å²) in [5.74, 6) is 0.692. The maximum atomic E-state index is 12.7. The number of benzene rings is 2. The van der Waals surface area contributed by atoms with E-state index < -0.39 is 17.8 Å². The highest BCUT2D eigenvalue weighted by Crippen LogP contribution is 2.35. The van der Waals surface area contributed by atoms with Crippen LogP contribution in [0.1, 0.15) is 30.5 Å². The number of nitrogens with zero attached hydrogens (tertiary/aromatic N) is 2. The Morgan fingerprint density at radius 3 is 2.34 bits per heavy atom. The second-order valence-electron chi connectivity index (χ2n) is 6.73. The Balaban J connectivity index is 2.19. The molecule has 1 heterocycles. The van der Waals surface area contributed by atoms with Crippen LogP contribution in [0.3, 0.4) is 0 Å². The molecule has 1 aromatic heterocycles. The van der Waals surface area contributed by atoms with E-state index in [0.29, 0.717) is 28.9 Å². The van der Waals surface area contributed by atoms with Crippen LogP contribution in [0.4, 0.5) is 0 Å². The van der Waals surface area contributed by atoms with Gasteiger partial charge in [-0.1, -0.05) is 30.3 Å². The van der Waals surface area contributed by atoms with Gasteiger partial charge in [0.15, 0.2) is 12.2 Å². The zero-order valence-corrected chi connectivity index (χ0v) is 16.4. The summed E-state index contributed by atoms with van der Waals surface area (Å²) in [5.41, 5.74) is 2.07. The summed E-state index contributed by atoms with van der Waals surface area (Å²) in [4.78, 5) is 12.7. The standard InChI is InChI=1S/C23H20N2O4/c1-14(12-24)27-18-10-20(28-15(2)13-25)22-16(3)19(23(26)29-21(22)11-18)9-17-7-5-4-6-8-17/h4-8,10-11,14-15H,9H2,1-3H3. The van der Waals surface area contributed by atoms with E-state index >= 15 is 0 Å². The van der Waals surface area contributed by atoms with Crippen LogP contribution >= 0.6 is 0 Å². The van der Waals surface area contributed by atoms with E-state index in [2.05, 4.69) is 0 Å². The molecule has 0 saturated heterocycles. The van der Waals surface area contributed by atoms with Crippen molar-refractivity contribution in [2.24, 2.45) is 0 Å². The van der Waals surface area contributed by atoms with Crippen LogP contribution in [0, 0.1) is 29.6 Å². The Bertz CT molecular complexity index is 1170. The second-order valence-corrected chi connectivity index (χ2v) is 6.73. The van der Waals surface area contributed by atoms with Crippen LogP contribution < -0.4 is 15.1 Å². The van der Waals surface area contributed by atoms with Gasteiger partial charge in [0.1, 0.15) is 29.2 Å². The fraction of sp³-hybridized carbons (Fsp3) is 0.261. The number of ether oxygens (including phenoxy) is 2. The molecule has 3 aromatic rings. The Hall–Kier alpha value is -3.77. The molecule has 0 radical (unpaired) electrons. The number of nitriles is 2. The van der Waals surface area contributed by atoms with Crippen LogP contribution in [-0.2, 0) is 6.42 Å². The smallest absolute Gasteiger partial charge is 0.340 e. The molecule has 0 fully saturated rings. The van der Waals surface area contributed by atoms with Gasteiger partial charge in [-0.05, 0) is 31.9 Å². The molecule has 0 aliphatic rings. The second kappa shape index (κ2) is 8.50. The lowest BCUT2D eigenvalue weighted by atomic mass is 9.99. The van der Waals surface area contributed by atoms with E-state index in [-0.39, 0.29) is 5.58 Å². The molecule has 0 bridgehead atoms. The predicted octanol–water partition coefficient (Wildman–Crippen LogP) is 4.27. The third-order valence-electron chi connectivity index (χ3n) is 4.52. The molecule has 3 rings (SSSR count). The minimum absolute atomic E-state index is 0.284. The molecule has 0 spiro atoms. The van der Waals surface area contributed by atoms with Gasteiger partial charge >= 0.3 is 5.63 Å². The average molecular weight is 388 g/mol. The van der Waals surface area contributed by atoms with Gasteiger partial charge in [-0.2, -0.15) is 10.5 Å². The van der Waals surface area contributed by atoms with Crippen molar-refractivity contribution in [1.29, 1.82) is 10.5 Å². The Morgan fingerprint density at radius 1 is 1.03 bits per heavy atom. The fourth-order valence-corrected chi connectivity index (χ4v) is 3.09. The van der Waals surface area contributed by atoms with Crippen molar-refractivity contribution in [3.63, 3.8) is 0 Å². The van der Waals surface area contributed by atoms with Gasteiger partial charge in [-0.15, -0.1) is 0 Å². The highest BCUT2D eigenvalue weighted by molar-refractivity contribution is 5.89. The molecule has 0 aliphatic heterocycles. The van der Waals surface area contributed by atoms with Gasteiger partial charge in [-0.25, -0.2) is 4.79 Å². The number of rotatable bonds is 6. The summed E-state index contributed by atoms with van der Waals surface area (Å²) in [6.07, 6.45) is -0.994. The maximum Gasteiger partial charge on any atom is 0.340 e. The van der Waals surface area contributed by atoms with E-state index in [4.69, 9.17) is 24.4 Å². The SMILES string of the molecule is Cc1c(Cc2ccccc2)c(=O)oc2cc(OC(C)C#N)cc(OC(C)C#N)c12. The van der Waals surface area contributed by atoms with Gasteiger partial charge in [0.25, 0.3) is 0 Å². The van der Waals surface area contributed by atoms with Crippen molar-refractivity contribution in [2.75, 3.05) is 0 Å². The molecule has 0 amide bonds. The van der Waals surface area contributed by atoms with E-state index in [1.807, 2.05) is 49.4 Å². The third kappa shape index (κ3) is 4.39. The Morgan fingerprint density at radius 2 is 1.69 bits per heavy atom. The van der Waals surface area contributed by atoms with Gasteiger partial charge in [-0.3, -0.25) is 0 Å². The molecule has 0 aliphatic carbocycles. The number of hydrogen-bond acceptors (Lipinski definition) is 6. The Kier molecular flexibility index (Phi) is 5.85. The maximum absolute atomic E-state index is 12.7.